The fourth-order valence-electron chi connectivity index (χ4n) is 1.85. The predicted octanol–water partition coefficient (Wildman–Crippen LogP) is 3.64. The summed E-state index contributed by atoms with van der Waals surface area (Å²) in [6.45, 7) is 3.23. The van der Waals surface area contributed by atoms with Crippen molar-refractivity contribution in [3.05, 3.63) is 34.6 Å². The van der Waals surface area contributed by atoms with Gasteiger partial charge in [0, 0.05) is 22.1 Å². The monoisotopic (exact) mass is 259 g/mol. The van der Waals surface area contributed by atoms with Gasteiger partial charge in [0.1, 0.15) is 5.82 Å². The van der Waals surface area contributed by atoms with Crippen LogP contribution in [0.15, 0.2) is 18.2 Å². The molecule has 1 heterocycles. The second kappa shape index (κ2) is 5.39. The Hall–Kier alpha value is -0.250. The first-order valence-corrected chi connectivity index (χ1v) is 6.89. The lowest BCUT2D eigenvalue weighted by atomic mass is 10.1. The third-order valence-electron chi connectivity index (χ3n) is 2.83. The fourth-order valence-corrected chi connectivity index (χ4v) is 3.25. The Morgan fingerprint density at radius 2 is 2.31 bits per heavy atom. The minimum absolute atomic E-state index is 0.239. The number of halogens is 2. The van der Waals surface area contributed by atoms with Crippen molar-refractivity contribution in [3.8, 4) is 0 Å². The van der Waals surface area contributed by atoms with E-state index in [1.807, 2.05) is 11.8 Å². The molecular formula is C12H15ClFNS. The third kappa shape index (κ3) is 2.90. The Bertz CT molecular complexity index is 372. The van der Waals surface area contributed by atoms with Gasteiger partial charge < -0.3 is 5.32 Å². The van der Waals surface area contributed by atoms with Crippen LogP contribution >= 0.6 is 23.4 Å². The zero-order chi connectivity index (χ0) is 11.5. The Morgan fingerprint density at radius 1 is 1.50 bits per heavy atom. The molecular weight excluding hydrogens is 245 g/mol. The summed E-state index contributed by atoms with van der Waals surface area (Å²) in [7, 11) is 0. The molecule has 1 nitrogen and oxygen atoms in total. The summed E-state index contributed by atoms with van der Waals surface area (Å²) in [5.41, 5.74) is 1.00. The van der Waals surface area contributed by atoms with Crippen LogP contribution in [0.25, 0.3) is 0 Å². The van der Waals surface area contributed by atoms with Crippen LogP contribution in [0.5, 0.6) is 0 Å². The van der Waals surface area contributed by atoms with E-state index in [1.165, 1.54) is 18.6 Å². The normalized spacial score (nSPS) is 26.4. The van der Waals surface area contributed by atoms with Gasteiger partial charge in [0.15, 0.2) is 0 Å². The molecule has 1 N–H and O–H groups in total. The molecule has 1 fully saturated rings. The van der Waals surface area contributed by atoms with Crippen molar-refractivity contribution in [2.24, 2.45) is 0 Å². The van der Waals surface area contributed by atoms with E-state index in [0.717, 1.165) is 17.9 Å². The molecule has 1 aliphatic heterocycles. The highest BCUT2D eigenvalue weighted by molar-refractivity contribution is 7.99. The predicted molar refractivity (Wildman–Crippen MR) is 68.7 cm³/mol. The molecule has 88 valence electrons. The number of thioether (sulfide) groups is 1. The minimum Gasteiger partial charge on any atom is -0.309 e. The van der Waals surface area contributed by atoms with E-state index >= 15 is 0 Å². The van der Waals surface area contributed by atoms with Crippen LogP contribution in [0.3, 0.4) is 0 Å². The molecule has 0 aliphatic carbocycles. The van der Waals surface area contributed by atoms with Crippen molar-refractivity contribution in [2.75, 3.05) is 12.3 Å². The summed E-state index contributed by atoms with van der Waals surface area (Å²) < 4.78 is 12.9. The molecule has 0 radical (unpaired) electrons. The summed E-state index contributed by atoms with van der Waals surface area (Å²) >= 11 is 8.00. The van der Waals surface area contributed by atoms with Crippen LogP contribution < -0.4 is 5.32 Å². The number of hydrogen-bond donors (Lipinski definition) is 1. The second-order valence-corrected chi connectivity index (χ2v) is 5.98. The molecule has 2 unspecified atom stereocenters. The average Bonchev–Trinajstić information content (AvgIpc) is 2.43. The van der Waals surface area contributed by atoms with Crippen LogP contribution in [0.1, 0.15) is 24.9 Å². The molecule has 1 saturated heterocycles. The first-order valence-electron chi connectivity index (χ1n) is 5.47. The summed E-state index contributed by atoms with van der Waals surface area (Å²) in [6, 6.07) is 4.88. The topological polar surface area (TPSA) is 12.0 Å². The Balaban J connectivity index is 2.16. The number of hydrogen-bond acceptors (Lipinski definition) is 2. The van der Waals surface area contributed by atoms with E-state index in [4.69, 9.17) is 11.6 Å². The van der Waals surface area contributed by atoms with E-state index in [-0.39, 0.29) is 11.9 Å². The maximum atomic E-state index is 12.9. The minimum atomic E-state index is -0.275. The highest BCUT2D eigenvalue weighted by atomic mass is 35.5. The molecule has 1 aromatic rings. The Morgan fingerprint density at radius 3 is 3.06 bits per heavy atom. The summed E-state index contributed by atoms with van der Waals surface area (Å²) in [6.07, 6.45) is 1.17. The van der Waals surface area contributed by atoms with Crippen LogP contribution in [0, 0.1) is 5.82 Å². The number of benzene rings is 1. The van der Waals surface area contributed by atoms with Gasteiger partial charge in [-0.05, 0) is 30.7 Å². The van der Waals surface area contributed by atoms with Crippen molar-refractivity contribution in [1.29, 1.82) is 0 Å². The van der Waals surface area contributed by atoms with Gasteiger partial charge >= 0.3 is 0 Å². The fraction of sp³-hybridized carbons (Fsp3) is 0.500. The van der Waals surface area contributed by atoms with Crippen molar-refractivity contribution < 1.29 is 4.39 Å². The lowest BCUT2D eigenvalue weighted by Gasteiger charge is -2.17. The second-order valence-electron chi connectivity index (χ2n) is 4.11. The SMILES string of the molecule is CC1CCNC(c2ccc(F)cc2Cl)CS1. The van der Waals surface area contributed by atoms with Crippen molar-refractivity contribution in [3.63, 3.8) is 0 Å². The van der Waals surface area contributed by atoms with E-state index < -0.39 is 0 Å². The van der Waals surface area contributed by atoms with Crippen LogP contribution in [-0.4, -0.2) is 17.5 Å². The molecule has 1 aromatic carbocycles. The lowest BCUT2D eigenvalue weighted by molar-refractivity contribution is 0.575. The molecule has 4 heteroatoms. The zero-order valence-corrected chi connectivity index (χ0v) is 10.7. The van der Waals surface area contributed by atoms with Gasteiger partial charge in [0.2, 0.25) is 0 Å². The standard InChI is InChI=1S/C12H15ClFNS/c1-8-4-5-15-12(7-16-8)10-3-2-9(14)6-11(10)13/h2-3,6,8,12,15H,4-5,7H2,1H3. The first-order chi connectivity index (χ1) is 7.66. The van der Waals surface area contributed by atoms with Crippen LogP contribution in [0.2, 0.25) is 5.02 Å². The van der Waals surface area contributed by atoms with E-state index in [0.29, 0.717) is 10.3 Å². The molecule has 0 spiro atoms. The van der Waals surface area contributed by atoms with Crippen molar-refractivity contribution >= 4 is 23.4 Å². The molecule has 0 amide bonds. The van der Waals surface area contributed by atoms with E-state index in [1.54, 1.807) is 6.07 Å². The number of nitrogens with one attached hydrogen (secondary N) is 1. The van der Waals surface area contributed by atoms with Gasteiger partial charge in [-0.15, -0.1) is 0 Å². The smallest absolute Gasteiger partial charge is 0.124 e. The lowest BCUT2D eigenvalue weighted by Crippen LogP contribution is -2.22. The molecule has 0 bridgehead atoms. The van der Waals surface area contributed by atoms with Gasteiger partial charge in [-0.3, -0.25) is 0 Å². The maximum absolute atomic E-state index is 12.9. The Kier molecular flexibility index (Phi) is 4.11. The maximum Gasteiger partial charge on any atom is 0.124 e. The van der Waals surface area contributed by atoms with Crippen molar-refractivity contribution in [1.82, 2.24) is 5.32 Å². The van der Waals surface area contributed by atoms with Gasteiger partial charge in [0.05, 0.1) is 0 Å². The van der Waals surface area contributed by atoms with Gasteiger partial charge in [-0.1, -0.05) is 24.6 Å². The molecule has 2 rings (SSSR count). The molecule has 1 aliphatic rings. The first kappa shape index (κ1) is 12.2. The average molecular weight is 260 g/mol. The van der Waals surface area contributed by atoms with E-state index in [2.05, 4.69) is 12.2 Å². The largest absolute Gasteiger partial charge is 0.309 e. The summed E-state index contributed by atoms with van der Waals surface area (Å²) in [4.78, 5) is 0. The number of rotatable bonds is 1. The third-order valence-corrected chi connectivity index (χ3v) is 4.48. The summed E-state index contributed by atoms with van der Waals surface area (Å²) in [5.74, 6) is 0.718. The van der Waals surface area contributed by atoms with Crippen LogP contribution in [-0.2, 0) is 0 Å². The molecule has 16 heavy (non-hydrogen) atoms. The van der Waals surface area contributed by atoms with Crippen molar-refractivity contribution in [2.45, 2.75) is 24.6 Å². The van der Waals surface area contributed by atoms with Gasteiger partial charge in [0.25, 0.3) is 0 Å². The Labute approximate surface area is 105 Å². The summed E-state index contributed by atoms with van der Waals surface area (Å²) in [5, 5.41) is 4.66. The molecule has 0 aromatic heterocycles. The van der Waals surface area contributed by atoms with E-state index in [9.17, 15) is 4.39 Å². The highest BCUT2D eigenvalue weighted by Crippen LogP contribution is 2.30. The van der Waals surface area contributed by atoms with Gasteiger partial charge in [-0.2, -0.15) is 11.8 Å². The van der Waals surface area contributed by atoms with Gasteiger partial charge in [-0.25, -0.2) is 4.39 Å². The highest BCUT2D eigenvalue weighted by Gasteiger charge is 2.19. The zero-order valence-electron chi connectivity index (χ0n) is 9.17. The quantitative estimate of drug-likeness (QED) is 0.827. The van der Waals surface area contributed by atoms with Crippen LogP contribution in [0.4, 0.5) is 4.39 Å². The molecule has 2 atom stereocenters. The molecule has 0 saturated carbocycles.